The Morgan fingerprint density at radius 1 is 1.67 bits per heavy atom. The minimum Gasteiger partial charge on any atom is -0.350 e. The van der Waals surface area contributed by atoms with Gasteiger partial charge in [-0.1, -0.05) is 13.8 Å². The van der Waals surface area contributed by atoms with Crippen LogP contribution >= 0.6 is 0 Å². The molecule has 1 fully saturated rings. The van der Waals surface area contributed by atoms with Gasteiger partial charge in [0.2, 0.25) is 5.91 Å². The van der Waals surface area contributed by atoms with Gasteiger partial charge in [0.1, 0.15) is 6.04 Å². The summed E-state index contributed by atoms with van der Waals surface area (Å²) in [5.74, 6) is 0.436. The van der Waals surface area contributed by atoms with Crippen molar-refractivity contribution in [2.24, 2.45) is 11.7 Å². The lowest BCUT2D eigenvalue weighted by Gasteiger charge is -2.36. The topological polar surface area (TPSA) is 55.1 Å². The lowest BCUT2D eigenvalue weighted by atomic mass is 9.90. The Balaban J connectivity index is 2.42. The molecule has 0 saturated carbocycles. The molecule has 1 aliphatic rings. The van der Waals surface area contributed by atoms with E-state index in [0.29, 0.717) is 5.92 Å². The van der Waals surface area contributed by atoms with E-state index in [-0.39, 0.29) is 18.0 Å². The van der Waals surface area contributed by atoms with Crippen molar-refractivity contribution in [1.29, 1.82) is 0 Å². The van der Waals surface area contributed by atoms with Crippen LogP contribution in [-0.2, 0) is 4.79 Å². The average molecular weight is 128 g/mol. The lowest BCUT2D eigenvalue weighted by molar-refractivity contribution is -0.131. The fourth-order valence-electron chi connectivity index (χ4n) is 0.998. The van der Waals surface area contributed by atoms with Gasteiger partial charge < -0.3 is 11.1 Å². The smallest absolute Gasteiger partial charge is 0.239 e. The zero-order valence-corrected chi connectivity index (χ0v) is 5.72. The van der Waals surface area contributed by atoms with E-state index in [1.54, 1.807) is 0 Å². The Labute approximate surface area is 54.6 Å². The summed E-state index contributed by atoms with van der Waals surface area (Å²) >= 11 is 0. The van der Waals surface area contributed by atoms with Crippen LogP contribution in [-0.4, -0.2) is 18.0 Å². The van der Waals surface area contributed by atoms with E-state index in [4.69, 9.17) is 5.73 Å². The number of carbonyl (C=O) groups excluding carboxylic acids is 1. The molecule has 9 heavy (non-hydrogen) atoms. The van der Waals surface area contributed by atoms with Crippen molar-refractivity contribution in [3.63, 3.8) is 0 Å². The van der Waals surface area contributed by atoms with Crippen molar-refractivity contribution in [3.8, 4) is 0 Å². The normalized spacial score (nSPS) is 34.0. The van der Waals surface area contributed by atoms with Crippen LogP contribution < -0.4 is 11.1 Å². The molecule has 0 aliphatic carbocycles. The minimum atomic E-state index is -0.259. The fourth-order valence-corrected chi connectivity index (χ4v) is 0.998. The Kier molecular flexibility index (Phi) is 1.45. The second-order valence-electron chi connectivity index (χ2n) is 2.80. The first-order valence-electron chi connectivity index (χ1n) is 3.19. The molecule has 1 amide bonds. The summed E-state index contributed by atoms with van der Waals surface area (Å²) in [5, 5.41) is 2.73. The maximum absolute atomic E-state index is 10.5. The monoisotopic (exact) mass is 128 g/mol. The Morgan fingerprint density at radius 3 is 2.33 bits per heavy atom. The first kappa shape index (κ1) is 6.55. The molecular weight excluding hydrogens is 116 g/mol. The van der Waals surface area contributed by atoms with Gasteiger partial charge in [-0.3, -0.25) is 4.79 Å². The van der Waals surface area contributed by atoms with E-state index in [0.717, 1.165) is 0 Å². The van der Waals surface area contributed by atoms with Gasteiger partial charge in [0, 0.05) is 0 Å². The van der Waals surface area contributed by atoms with Crippen LogP contribution in [0.2, 0.25) is 0 Å². The maximum atomic E-state index is 10.5. The first-order valence-corrected chi connectivity index (χ1v) is 3.19. The molecule has 0 aromatic heterocycles. The van der Waals surface area contributed by atoms with Gasteiger partial charge in [-0.2, -0.15) is 0 Å². The number of rotatable bonds is 1. The highest BCUT2D eigenvalue weighted by molar-refractivity contribution is 5.89. The third-order valence-corrected chi connectivity index (χ3v) is 1.72. The largest absolute Gasteiger partial charge is 0.350 e. The van der Waals surface area contributed by atoms with E-state index < -0.39 is 0 Å². The molecule has 0 spiro atoms. The number of hydrogen-bond donors (Lipinski definition) is 2. The van der Waals surface area contributed by atoms with Crippen LogP contribution in [0.4, 0.5) is 0 Å². The summed E-state index contributed by atoms with van der Waals surface area (Å²) in [4.78, 5) is 10.5. The molecule has 3 heteroatoms. The minimum absolute atomic E-state index is 0.0197. The van der Waals surface area contributed by atoms with Crippen molar-refractivity contribution in [1.82, 2.24) is 5.32 Å². The van der Waals surface area contributed by atoms with Crippen molar-refractivity contribution < 1.29 is 4.79 Å². The number of nitrogens with two attached hydrogens (primary N) is 1. The molecule has 2 atom stereocenters. The Bertz CT molecular complexity index is 133. The third kappa shape index (κ3) is 0.920. The SMILES string of the molecule is CC(C)C1NC(=O)C1N. The second-order valence-corrected chi connectivity index (χ2v) is 2.80. The van der Waals surface area contributed by atoms with Crippen molar-refractivity contribution in [2.45, 2.75) is 25.9 Å². The molecule has 1 aliphatic heterocycles. The van der Waals surface area contributed by atoms with E-state index in [1.807, 2.05) is 13.8 Å². The molecule has 3 nitrogen and oxygen atoms in total. The van der Waals surface area contributed by atoms with Crippen LogP contribution in [0.3, 0.4) is 0 Å². The molecule has 52 valence electrons. The van der Waals surface area contributed by atoms with Gasteiger partial charge in [-0.15, -0.1) is 0 Å². The van der Waals surface area contributed by atoms with Crippen LogP contribution in [0, 0.1) is 5.92 Å². The van der Waals surface area contributed by atoms with Crippen LogP contribution in [0.25, 0.3) is 0 Å². The van der Waals surface area contributed by atoms with E-state index in [9.17, 15) is 4.79 Å². The van der Waals surface area contributed by atoms with Crippen molar-refractivity contribution in [2.75, 3.05) is 0 Å². The van der Waals surface area contributed by atoms with Gasteiger partial charge in [-0.25, -0.2) is 0 Å². The van der Waals surface area contributed by atoms with Crippen LogP contribution in [0.15, 0.2) is 0 Å². The van der Waals surface area contributed by atoms with Crippen molar-refractivity contribution in [3.05, 3.63) is 0 Å². The summed E-state index contributed by atoms with van der Waals surface area (Å²) < 4.78 is 0. The van der Waals surface area contributed by atoms with Gasteiger partial charge >= 0.3 is 0 Å². The number of carbonyl (C=O) groups is 1. The summed E-state index contributed by atoms with van der Waals surface area (Å²) in [7, 11) is 0. The zero-order valence-electron chi connectivity index (χ0n) is 5.72. The van der Waals surface area contributed by atoms with E-state index >= 15 is 0 Å². The highest BCUT2D eigenvalue weighted by atomic mass is 16.2. The lowest BCUT2D eigenvalue weighted by Crippen LogP contribution is -2.68. The predicted octanol–water partition coefficient (Wildman–Crippen LogP) is -0.532. The van der Waals surface area contributed by atoms with Gasteiger partial charge in [-0.05, 0) is 5.92 Å². The average Bonchev–Trinajstić information content (AvgIpc) is 1.81. The highest BCUT2D eigenvalue weighted by Gasteiger charge is 2.37. The molecule has 1 saturated heterocycles. The molecule has 1 heterocycles. The Morgan fingerprint density at radius 2 is 2.22 bits per heavy atom. The number of hydrogen-bond acceptors (Lipinski definition) is 2. The van der Waals surface area contributed by atoms with E-state index in [1.165, 1.54) is 0 Å². The molecule has 2 unspecified atom stereocenters. The molecule has 1 rings (SSSR count). The maximum Gasteiger partial charge on any atom is 0.239 e. The number of nitrogens with one attached hydrogen (secondary N) is 1. The zero-order chi connectivity index (χ0) is 7.02. The first-order chi connectivity index (χ1) is 4.13. The predicted molar refractivity (Wildman–Crippen MR) is 34.7 cm³/mol. The third-order valence-electron chi connectivity index (χ3n) is 1.72. The number of β-lactam (4-membered cyclic amide) rings is 1. The highest BCUT2D eigenvalue weighted by Crippen LogP contribution is 2.12. The molecule has 0 aromatic rings. The Hall–Kier alpha value is -0.570. The second kappa shape index (κ2) is 1.99. The fraction of sp³-hybridized carbons (Fsp3) is 0.833. The summed E-state index contributed by atoms with van der Waals surface area (Å²) in [6.45, 7) is 4.09. The van der Waals surface area contributed by atoms with Crippen molar-refractivity contribution >= 4 is 5.91 Å². The molecule has 0 bridgehead atoms. The molecule has 3 N–H and O–H groups in total. The molecular formula is C6H12N2O. The van der Waals surface area contributed by atoms with Gasteiger partial charge in [0.05, 0.1) is 6.04 Å². The number of amides is 1. The van der Waals surface area contributed by atoms with Gasteiger partial charge in [0.25, 0.3) is 0 Å². The summed E-state index contributed by atoms with van der Waals surface area (Å²) in [6, 6.07) is -0.0532. The summed E-state index contributed by atoms with van der Waals surface area (Å²) in [6.07, 6.45) is 0. The van der Waals surface area contributed by atoms with Gasteiger partial charge in [0.15, 0.2) is 0 Å². The quantitative estimate of drug-likeness (QED) is 0.466. The van der Waals surface area contributed by atoms with E-state index in [2.05, 4.69) is 5.32 Å². The standard InChI is InChI=1S/C6H12N2O/c1-3(2)5-4(7)6(9)8-5/h3-5H,7H2,1-2H3,(H,8,9). The molecule has 0 radical (unpaired) electrons. The van der Waals surface area contributed by atoms with Crippen LogP contribution in [0.5, 0.6) is 0 Å². The molecule has 0 aromatic carbocycles. The van der Waals surface area contributed by atoms with Crippen LogP contribution in [0.1, 0.15) is 13.8 Å². The summed E-state index contributed by atoms with van der Waals surface area (Å²) in [5.41, 5.74) is 5.46.